The van der Waals surface area contributed by atoms with Gasteiger partial charge in [-0.25, -0.2) is 4.79 Å². The summed E-state index contributed by atoms with van der Waals surface area (Å²) < 4.78 is 0. The molecule has 0 aliphatic rings. The first-order valence-electron chi connectivity index (χ1n) is 8.54. The molecule has 3 aromatic carbocycles. The van der Waals surface area contributed by atoms with Crippen LogP contribution in [0.1, 0.15) is 27.9 Å². The van der Waals surface area contributed by atoms with Crippen molar-refractivity contribution >= 4 is 34.6 Å². The lowest BCUT2D eigenvalue weighted by Crippen LogP contribution is -1.94. The van der Waals surface area contributed by atoms with Crippen LogP contribution >= 0.6 is 11.6 Å². The Morgan fingerprint density at radius 2 is 1.82 bits per heavy atom. The van der Waals surface area contributed by atoms with Crippen LogP contribution in [0.3, 0.4) is 0 Å². The van der Waals surface area contributed by atoms with Crippen LogP contribution in [0.25, 0.3) is 10.8 Å². The van der Waals surface area contributed by atoms with Crippen molar-refractivity contribution in [3.8, 4) is 5.75 Å². The third-order valence-corrected chi connectivity index (χ3v) is 4.36. The highest BCUT2D eigenvalue weighted by atomic mass is 35.5. The predicted octanol–water partition coefficient (Wildman–Crippen LogP) is 3.80. The first-order chi connectivity index (χ1) is 13.5. The molecule has 0 unspecified atom stereocenters. The van der Waals surface area contributed by atoms with Gasteiger partial charge in [-0.15, -0.1) is 0 Å². The molecule has 0 atom stereocenters. The Balaban J connectivity index is 0.000000221. The minimum absolute atomic E-state index is 0.0462. The summed E-state index contributed by atoms with van der Waals surface area (Å²) in [5.41, 5.74) is 2.34. The Morgan fingerprint density at radius 3 is 2.43 bits per heavy atom. The van der Waals surface area contributed by atoms with Crippen molar-refractivity contribution in [2.45, 2.75) is 12.8 Å². The van der Waals surface area contributed by atoms with Crippen molar-refractivity contribution in [3.63, 3.8) is 0 Å². The average Bonchev–Trinajstić information content (AvgIpc) is 2.70. The zero-order valence-corrected chi connectivity index (χ0v) is 15.8. The number of nitrogens with two attached hydrogens (primary N) is 1. The van der Waals surface area contributed by atoms with Crippen molar-refractivity contribution < 1.29 is 20.1 Å². The molecule has 0 radical (unpaired) electrons. The first kappa shape index (κ1) is 21.2. The number of aromatic carboxylic acids is 1. The maximum atomic E-state index is 10.3. The zero-order valence-electron chi connectivity index (χ0n) is 15.0. The van der Waals surface area contributed by atoms with E-state index in [-0.39, 0.29) is 22.9 Å². The lowest BCUT2D eigenvalue weighted by Gasteiger charge is -2.08. The highest BCUT2D eigenvalue weighted by molar-refractivity contribution is 6.32. The number of aliphatic hydroxyl groups is 1. The van der Waals surface area contributed by atoms with E-state index in [1.807, 2.05) is 18.2 Å². The second-order valence-corrected chi connectivity index (χ2v) is 6.34. The van der Waals surface area contributed by atoms with Gasteiger partial charge in [0.1, 0.15) is 5.75 Å². The van der Waals surface area contributed by atoms with Crippen LogP contribution < -0.4 is 5.84 Å². The second-order valence-electron chi connectivity index (χ2n) is 5.94. The van der Waals surface area contributed by atoms with Crippen LogP contribution in [0.5, 0.6) is 5.75 Å². The number of hydrazone groups is 1. The van der Waals surface area contributed by atoms with Crippen molar-refractivity contribution in [1.29, 1.82) is 0 Å². The summed E-state index contributed by atoms with van der Waals surface area (Å²) in [4.78, 5) is 10.3. The molecular weight excluding hydrogens is 380 g/mol. The predicted molar refractivity (Wildman–Crippen MR) is 111 cm³/mol. The fraction of sp³-hybridized carbons (Fsp3) is 0.143. The normalized spacial score (nSPS) is 10.6. The molecular formula is C21H21ClN2O4. The summed E-state index contributed by atoms with van der Waals surface area (Å²) in [7, 11) is 0. The van der Waals surface area contributed by atoms with Crippen LogP contribution in [0.4, 0.5) is 0 Å². The van der Waals surface area contributed by atoms with Crippen molar-refractivity contribution in [2.75, 3.05) is 6.61 Å². The third-order valence-electron chi connectivity index (χ3n) is 4.06. The number of rotatable bonds is 5. The third kappa shape index (κ3) is 5.45. The van der Waals surface area contributed by atoms with E-state index in [4.69, 9.17) is 32.8 Å². The quantitative estimate of drug-likeness (QED) is 0.295. The van der Waals surface area contributed by atoms with Crippen molar-refractivity contribution in [2.24, 2.45) is 10.9 Å². The van der Waals surface area contributed by atoms with E-state index >= 15 is 0 Å². The number of hydrogen-bond acceptors (Lipinski definition) is 5. The number of benzene rings is 3. The molecule has 146 valence electrons. The van der Waals surface area contributed by atoms with Gasteiger partial charge in [-0.2, -0.15) is 5.10 Å². The number of halogens is 1. The highest BCUT2D eigenvalue weighted by Gasteiger charge is 2.05. The zero-order chi connectivity index (χ0) is 20.5. The fourth-order valence-corrected chi connectivity index (χ4v) is 2.89. The van der Waals surface area contributed by atoms with E-state index in [2.05, 4.69) is 23.3 Å². The van der Waals surface area contributed by atoms with E-state index < -0.39 is 5.97 Å². The van der Waals surface area contributed by atoms with Crippen LogP contribution in [0.2, 0.25) is 5.02 Å². The van der Waals surface area contributed by atoms with Gasteiger partial charge in [0.2, 0.25) is 0 Å². The maximum Gasteiger partial charge on any atom is 0.335 e. The van der Waals surface area contributed by atoms with E-state index in [1.54, 1.807) is 6.21 Å². The number of hydrogen-bond donors (Lipinski definition) is 4. The maximum absolute atomic E-state index is 10.3. The monoisotopic (exact) mass is 400 g/mol. The Hall–Kier alpha value is -3.09. The second kappa shape index (κ2) is 10.3. The molecule has 0 saturated heterocycles. The van der Waals surface area contributed by atoms with E-state index in [1.165, 1.54) is 29.1 Å². The van der Waals surface area contributed by atoms with Gasteiger partial charge in [-0.3, -0.25) is 0 Å². The molecule has 0 aromatic heterocycles. The summed E-state index contributed by atoms with van der Waals surface area (Å²) in [6.07, 6.45) is 3.34. The molecule has 0 bridgehead atoms. The van der Waals surface area contributed by atoms with Gasteiger partial charge in [0, 0.05) is 12.2 Å². The number of phenolic OH excluding ortho intramolecular Hbond substituents is 1. The standard InChI is InChI=1S/C14H16N2O.C7H5ClO3/c15-16-10-12-8-7-11(4-3-9-17)13-5-1-2-6-14(12)13;8-5-3-4(7(10)11)1-2-6(5)9/h1-2,5-8,10,17H,3-4,9,15H2;1-3,9H,(H,10,11). The van der Waals surface area contributed by atoms with E-state index in [0.717, 1.165) is 23.8 Å². The minimum Gasteiger partial charge on any atom is -0.506 e. The summed E-state index contributed by atoms with van der Waals surface area (Å²) in [5.74, 6) is 4.03. The molecule has 6 nitrogen and oxygen atoms in total. The van der Waals surface area contributed by atoms with Gasteiger partial charge < -0.3 is 21.2 Å². The highest BCUT2D eigenvalue weighted by Crippen LogP contribution is 2.24. The van der Waals surface area contributed by atoms with Crippen LogP contribution in [0.15, 0.2) is 59.7 Å². The number of aliphatic hydroxyl groups excluding tert-OH is 1. The Labute approximate surface area is 167 Å². The summed E-state index contributed by atoms with van der Waals surface area (Å²) in [6.45, 7) is 0.223. The fourth-order valence-electron chi connectivity index (χ4n) is 2.71. The number of aromatic hydroxyl groups is 1. The van der Waals surface area contributed by atoms with Gasteiger partial charge in [-0.05, 0) is 47.4 Å². The average molecular weight is 401 g/mol. The number of carboxylic acids is 1. The Morgan fingerprint density at radius 1 is 1.11 bits per heavy atom. The van der Waals surface area contributed by atoms with Crippen molar-refractivity contribution in [3.05, 3.63) is 76.3 Å². The molecule has 0 aliphatic carbocycles. The van der Waals surface area contributed by atoms with Gasteiger partial charge in [0.05, 0.1) is 16.8 Å². The lowest BCUT2D eigenvalue weighted by atomic mass is 9.97. The molecule has 7 heteroatoms. The molecule has 0 heterocycles. The first-order valence-corrected chi connectivity index (χ1v) is 8.92. The number of carboxylic acid groups (broad SMARTS) is 1. The van der Waals surface area contributed by atoms with Gasteiger partial charge in [0.25, 0.3) is 0 Å². The van der Waals surface area contributed by atoms with E-state index in [0.29, 0.717) is 0 Å². The number of phenols is 1. The number of carbonyl (C=O) groups is 1. The largest absolute Gasteiger partial charge is 0.506 e. The lowest BCUT2D eigenvalue weighted by molar-refractivity contribution is 0.0697. The molecule has 0 saturated carbocycles. The van der Waals surface area contributed by atoms with Crippen molar-refractivity contribution in [1.82, 2.24) is 0 Å². The van der Waals surface area contributed by atoms with Crippen LogP contribution in [0, 0.1) is 0 Å². The van der Waals surface area contributed by atoms with Gasteiger partial charge in [-0.1, -0.05) is 48.0 Å². The molecule has 28 heavy (non-hydrogen) atoms. The smallest absolute Gasteiger partial charge is 0.335 e. The SMILES string of the molecule is NN=Cc1ccc(CCCO)c2ccccc12.O=C(O)c1ccc(O)c(Cl)c1. The summed E-state index contributed by atoms with van der Waals surface area (Å²) in [5, 5.41) is 32.2. The Bertz CT molecular complexity index is 989. The van der Waals surface area contributed by atoms with Gasteiger partial charge >= 0.3 is 5.97 Å². The Kier molecular flexibility index (Phi) is 7.80. The van der Waals surface area contributed by atoms with E-state index in [9.17, 15) is 4.79 Å². The number of fused-ring (bicyclic) bond motifs is 1. The van der Waals surface area contributed by atoms with Crippen LogP contribution in [-0.4, -0.2) is 34.1 Å². The molecule has 0 aliphatic heterocycles. The topological polar surface area (TPSA) is 116 Å². The number of nitrogens with zero attached hydrogens (tertiary/aromatic N) is 1. The molecule has 0 amide bonds. The molecule has 3 rings (SSSR count). The van der Waals surface area contributed by atoms with Gasteiger partial charge in [0.15, 0.2) is 0 Å². The molecule has 0 fully saturated rings. The molecule has 5 N–H and O–H groups in total. The summed E-state index contributed by atoms with van der Waals surface area (Å²) in [6, 6.07) is 16.0. The minimum atomic E-state index is -1.06. The molecule has 0 spiro atoms. The summed E-state index contributed by atoms with van der Waals surface area (Å²) >= 11 is 5.44. The van der Waals surface area contributed by atoms with Crippen LogP contribution in [-0.2, 0) is 6.42 Å². The molecule has 3 aromatic rings. The number of aryl methyl sites for hydroxylation is 1.